The molecule has 0 aliphatic heterocycles. The molecule has 0 aliphatic carbocycles. The maximum atomic E-state index is 5.59. The predicted octanol–water partition coefficient (Wildman–Crippen LogP) is 3.13. The largest absolute Gasteiger partial charge is 0.374 e. The van der Waals surface area contributed by atoms with Crippen LogP contribution in [0.3, 0.4) is 0 Å². The summed E-state index contributed by atoms with van der Waals surface area (Å²) in [5.41, 5.74) is 0.987. The molecule has 1 atom stereocenters. The summed E-state index contributed by atoms with van der Waals surface area (Å²) in [6.07, 6.45) is 7.10. The number of methoxy groups -OCH3 is 1. The Kier molecular flexibility index (Phi) is 4.08. The molecule has 0 fully saturated rings. The minimum atomic E-state index is -0.176. The lowest BCUT2D eigenvalue weighted by Crippen LogP contribution is -2.24. The van der Waals surface area contributed by atoms with E-state index in [1.165, 1.54) is 12.8 Å². The summed E-state index contributed by atoms with van der Waals surface area (Å²) in [6, 6.07) is 4.03. The van der Waals surface area contributed by atoms with Crippen molar-refractivity contribution in [1.82, 2.24) is 4.98 Å². The lowest BCUT2D eigenvalue weighted by atomic mass is 9.91. The average Bonchev–Trinajstić information content (AvgIpc) is 2.27. The number of hydrogen-bond acceptors (Lipinski definition) is 2. The topological polar surface area (TPSA) is 22.1 Å². The molecule has 1 unspecified atom stereocenters. The normalized spacial score (nSPS) is 15.1. The highest BCUT2D eigenvalue weighted by molar-refractivity contribution is 5.17. The molecule has 0 radical (unpaired) electrons. The van der Waals surface area contributed by atoms with Crippen LogP contribution in [0, 0.1) is 0 Å². The fourth-order valence-electron chi connectivity index (χ4n) is 1.55. The van der Waals surface area contributed by atoms with Gasteiger partial charge >= 0.3 is 0 Å². The Morgan fingerprint density at radius 1 is 1.50 bits per heavy atom. The van der Waals surface area contributed by atoms with Crippen molar-refractivity contribution in [2.24, 2.45) is 0 Å². The van der Waals surface area contributed by atoms with Gasteiger partial charge in [-0.15, -0.1) is 0 Å². The molecule has 1 aromatic heterocycles. The van der Waals surface area contributed by atoms with Crippen LogP contribution in [-0.2, 0) is 10.3 Å². The lowest BCUT2D eigenvalue weighted by molar-refractivity contribution is -0.00752. The molecule has 0 aromatic carbocycles. The molecule has 1 aromatic rings. The first-order valence-electron chi connectivity index (χ1n) is 5.18. The standard InChI is InChI=1S/C12H19NO/c1-4-5-8-12(2,14-3)11-7-6-9-13-10-11/h6-7,9-10H,4-5,8H2,1-3H3. The van der Waals surface area contributed by atoms with Gasteiger partial charge in [-0.25, -0.2) is 0 Å². The highest BCUT2D eigenvalue weighted by atomic mass is 16.5. The van der Waals surface area contributed by atoms with Crippen LogP contribution in [0.15, 0.2) is 24.5 Å². The second-order valence-corrected chi connectivity index (χ2v) is 3.78. The summed E-state index contributed by atoms with van der Waals surface area (Å²) in [5, 5.41) is 0. The van der Waals surface area contributed by atoms with Gasteiger partial charge in [0.2, 0.25) is 0 Å². The zero-order valence-electron chi connectivity index (χ0n) is 9.29. The zero-order valence-corrected chi connectivity index (χ0v) is 9.29. The minimum Gasteiger partial charge on any atom is -0.374 e. The summed E-state index contributed by atoms with van der Waals surface area (Å²) >= 11 is 0. The van der Waals surface area contributed by atoms with Crippen molar-refractivity contribution in [2.45, 2.75) is 38.7 Å². The van der Waals surface area contributed by atoms with E-state index in [2.05, 4.69) is 24.9 Å². The van der Waals surface area contributed by atoms with Gasteiger partial charge in [0, 0.05) is 25.1 Å². The molecule has 0 N–H and O–H groups in total. The maximum absolute atomic E-state index is 5.59. The van der Waals surface area contributed by atoms with Crippen LogP contribution in [0.1, 0.15) is 38.7 Å². The Labute approximate surface area is 86.3 Å². The average molecular weight is 193 g/mol. The van der Waals surface area contributed by atoms with E-state index in [4.69, 9.17) is 4.74 Å². The third-order valence-corrected chi connectivity index (χ3v) is 2.73. The van der Waals surface area contributed by atoms with E-state index in [1.807, 2.05) is 12.3 Å². The quantitative estimate of drug-likeness (QED) is 0.716. The zero-order chi connectivity index (χ0) is 10.4. The Hall–Kier alpha value is -0.890. The molecule has 0 spiro atoms. The third kappa shape index (κ3) is 2.55. The molecule has 1 rings (SSSR count). The van der Waals surface area contributed by atoms with Crippen LogP contribution in [0.2, 0.25) is 0 Å². The van der Waals surface area contributed by atoms with Crippen molar-refractivity contribution in [1.29, 1.82) is 0 Å². The maximum Gasteiger partial charge on any atom is 0.0914 e. The van der Waals surface area contributed by atoms with Gasteiger partial charge < -0.3 is 4.74 Å². The summed E-state index contributed by atoms with van der Waals surface area (Å²) in [6.45, 7) is 4.32. The van der Waals surface area contributed by atoms with E-state index < -0.39 is 0 Å². The van der Waals surface area contributed by atoms with E-state index in [-0.39, 0.29) is 5.60 Å². The molecule has 0 aliphatic rings. The van der Waals surface area contributed by atoms with Gasteiger partial charge in [-0.2, -0.15) is 0 Å². The molecule has 1 heterocycles. The van der Waals surface area contributed by atoms with Gasteiger partial charge in [-0.1, -0.05) is 25.8 Å². The number of rotatable bonds is 5. The minimum absolute atomic E-state index is 0.176. The van der Waals surface area contributed by atoms with Crippen LogP contribution in [0.4, 0.5) is 0 Å². The lowest BCUT2D eigenvalue weighted by Gasteiger charge is -2.28. The smallest absolute Gasteiger partial charge is 0.0914 e. The van der Waals surface area contributed by atoms with Gasteiger partial charge in [0.25, 0.3) is 0 Å². The summed E-state index contributed by atoms with van der Waals surface area (Å²) in [5.74, 6) is 0. The Morgan fingerprint density at radius 3 is 2.79 bits per heavy atom. The SMILES string of the molecule is CCCCC(C)(OC)c1cccnc1. The molecule has 0 saturated carbocycles. The van der Waals surface area contributed by atoms with Crippen molar-refractivity contribution in [2.75, 3.05) is 7.11 Å². The van der Waals surface area contributed by atoms with Crippen LogP contribution in [-0.4, -0.2) is 12.1 Å². The van der Waals surface area contributed by atoms with Crippen LogP contribution >= 0.6 is 0 Å². The van der Waals surface area contributed by atoms with Gasteiger partial charge in [0.1, 0.15) is 0 Å². The summed E-state index contributed by atoms with van der Waals surface area (Å²) in [4.78, 5) is 4.13. The predicted molar refractivity (Wildman–Crippen MR) is 58.1 cm³/mol. The Balaban J connectivity index is 2.79. The van der Waals surface area contributed by atoms with Crippen molar-refractivity contribution in [3.05, 3.63) is 30.1 Å². The van der Waals surface area contributed by atoms with Crippen LogP contribution in [0.5, 0.6) is 0 Å². The fraction of sp³-hybridized carbons (Fsp3) is 0.583. The molecule has 0 amide bonds. The van der Waals surface area contributed by atoms with Gasteiger partial charge in [-0.05, 0) is 19.4 Å². The fourth-order valence-corrected chi connectivity index (χ4v) is 1.55. The van der Waals surface area contributed by atoms with E-state index in [1.54, 1.807) is 13.3 Å². The van der Waals surface area contributed by atoms with Gasteiger partial charge in [0.05, 0.1) is 5.60 Å². The number of pyridine rings is 1. The van der Waals surface area contributed by atoms with Crippen molar-refractivity contribution in [3.63, 3.8) is 0 Å². The monoisotopic (exact) mass is 193 g/mol. The van der Waals surface area contributed by atoms with Gasteiger partial charge in [0.15, 0.2) is 0 Å². The first-order chi connectivity index (χ1) is 6.73. The second kappa shape index (κ2) is 5.11. The van der Waals surface area contributed by atoms with Crippen LogP contribution in [0.25, 0.3) is 0 Å². The van der Waals surface area contributed by atoms with Gasteiger partial charge in [-0.3, -0.25) is 4.98 Å². The summed E-state index contributed by atoms with van der Waals surface area (Å²) < 4.78 is 5.59. The number of unbranched alkanes of at least 4 members (excludes halogenated alkanes) is 1. The first-order valence-corrected chi connectivity index (χ1v) is 5.18. The molecule has 2 nitrogen and oxygen atoms in total. The van der Waals surface area contributed by atoms with Crippen molar-refractivity contribution < 1.29 is 4.74 Å². The van der Waals surface area contributed by atoms with E-state index >= 15 is 0 Å². The van der Waals surface area contributed by atoms with E-state index in [9.17, 15) is 0 Å². The molecule has 2 heteroatoms. The molecule has 14 heavy (non-hydrogen) atoms. The molecular weight excluding hydrogens is 174 g/mol. The Bertz CT molecular complexity index is 260. The number of nitrogens with zero attached hydrogens (tertiary/aromatic N) is 1. The number of hydrogen-bond donors (Lipinski definition) is 0. The first kappa shape index (κ1) is 11.2. The molecular formula is C12H19NO. The van der Waals surface area contributed by atoms with E-state index in [0.29, 0.717) is 0 Å². The highest BCUT2D eigenvalue weighted by Crippen LogP contribution is 2.29. The second-order valence-electron chi connectivity index (χ2n) is 3.78. The molecule has 0 saturated heterocycles. The third-order valence-electron chi connectivity index (χ3n) is 2.73. The van der Waals surface area contributed by atoms with E-state index in [0.717, 1.165) is 12.0 Å². The molecule has 78 valence electrons. The molecule has 0 bridgehead atoms. The number of ether oxygens (including phenoxy) is 1. The summed E-state index contributed by atoms with van der Waals surface area (Å²) in [7, 11) is 1.77. The highest BCUT2D eigenvalue weighted by Gasteiger charge is 2.25. The number of aromatic nitrogens is 1. The van der Waals surface area contributed by atoms with Crippen molar-refractivity contribution in [3.8, 4) is 0 Å². The Morgan fingerprint density at radius 2 is 2.29 bits per heavy atom. The van der Waals surface area contributed by atoms with Crippen molar-refractivity contribution >= 4 is 0 Å². The van der Waals surface area contributed by atoms with Crippen LogP contribution < -0.4 is 0 Å².